The van der Waals surface area contributed by atoms with E-state index in [0.29, 0.717) is 0 Å². The van der Waals surface area contributed by atoms with Crippen LogP contribution in [-0.4, -0.2) is 19.6 Å². The molecule has 0 bridgehead atoms. The van der Waals surface area contributed by atoms with Crippen LogP contribution in [0.4, 0.5) is 4.39 Å². The predicted octanol–water partition coefficient (Wildman–Crippen LogP) is 1.31. The molecule has 0 aromatic carbocycles. The molecule has 0 atom stereocenters. The number of likely N-dealkylation sites (N-methyl/N-ethyl adjacent to an activating group) is 1. The van der Waals surface area contributed by atoms with Gasteiger partial charge >= 0.3 is 0 Å². The lowest BCUT2D eigenvalue weighted by Crippen LogP contribution is -2.22. The number of halogens is 2. The first kappa shape index (κ1) is 11.0. The molecule has 0 rings (SSSR count). The van der Waals surface area contributed by atoms with E-state index in [2.05, 4.69) is 10.1 Å². The van der Waals surface area contributed by atoms with E-state index in [0.717, 1.165) is 17.9 Å². The molecule has 0 aliphatic rings. The highest BCUT2D eigenvalue weighted by Crippen LogP contribution is 1.99. The fourth-order valence-electron chi connectivity index (χ4n) is 0.345. The third kappa shape index (κ3) is 5.73. The van der Waals surface area contributed by atoms with Crippen molar-refractivity contribution in [2.75, 3.05) is 13.7 Å². The van der Waals surface area contributed by atoms with Crippen LogP contribution in [0.2, 0.25) is 0 Å². The molecule has 0 aliphatic heterocycles. The molecule has 0 radical (unpaired) electrons. The Balaban J connectivity index is 3.56. The molecule has 0 unspecified atom stereocenters. The van der Waals surface area contributed by atoms with E-state index >= 15 is 0 Å². The standard InChI is InChI=1S/C7H9ClFNO2/c1-10-7(11)5-12-3-2-6(9)4-8/h2-4H,5H2,1H3,(H,10,11)/b3-2+,6-4-. The number of amides is 1. The summed E-state index contributed by atoms with van der Waals surface area (Å²) in [5, 5.41) is 2.33. The number of ether oxygens (including phenoxy) is 1. The first-order valence-electron chi connectivity index (χ1n) is 3.15. The van der Waals surface area contributed by atoms with Crippen LogP contribution in [0.15, 0.2) is 23.7 Å². The van der Waals surface area contributed by atoms with Gasteiger partial charge in [0.05, 0.1) is 6.26 Å². The lowest BCUT2D eigenvalue weighted by molar-refractivity contribution is -0.123. The van der Waals surface area contributed by atoms with Gasteiger partial charge in [0.15, 0.2) is 6.61 Å². The van der Waals surface area contributed by atoms with Gasteiger partial charge < -0.3 is 10.1 Å². The second-order valence-electron chi connectivity index (χ2n) is 1.78. The van der Waals surface area contributed by atoms with E-state index in [-0.39, 0.29) is 12.5 Å². The maximum absolute atomic E-state index is 12.2. The summed E-state index contributed by atoms with van der Waals surface area (Å²) in [7, 11) is 1.48. The third-order valence-electron chi connectivity index (χ3n) is 0.921. The lowest BCUT2D eigenvalue weighted by Gasteiger charge is -1.97. The normalized spacial score (nSPS) is 11.8. The number of hydrogen-bond acceptors (Lipinski definition) is 2. The summed E-state index contributed by atoms with van der Waals surface area (Å²) in [6.07, 6.45) is 2.07. The fourth-order valence-corrected chi connectivity index (χ4v) is 0.418. The molecule has 12 heavy (non-hydrogen) atoms. The second kappa shape index (κ2) is 6.67. The van der Waals surface area contributed by atoms with Crippen molar-refractivity contribution in [3.05, 3.63) is 23.7 Å². The molecular weight excluding hydrogens is 185 g/mol. The molecule has 1 amide bonds. The molecular formula is C7H9ClFNO2. The first-order valence-corrected chi connectivity index (χ1v) is 3.59. The quantitative estimate of drug-likeness (QED) is 0.540. The van der Waals surface area contributed by atoms with Gasteiger partial charge in [-0.3, -0.25) is 4.79 Å². The maximum Gasteiger partial charge on any atom is 0.257 e. The van der Waals surface area contributed by atoms with Gasteiger partial charge in [-0.25, -0.2) is 4.39 Å². The zero-order valence-electron chi connectivity index (χ0n) is 6.51. The topological polar surface area (TPSA) is 38.3 Å². The van der Waals surface area contributed by atoms with Crippen molar-refractivity contribution in [2.45, 2.75) is 0 Å². The molecule has 0 aliphatic carbocycles. The molecule has 0 saturated carbocycles. The Hall–Kier alpha value is -1.03. The zero-order chi connectivity index (χ0) is 9.40. The molecule has 68 valence electrons. The van der Waals surface area contributed by atoms with Crippen LogP contribution in [0.5, 0.6) is 0 Å². The van der Waals surface area contributed by atoms with Gasteiger partial charge in [0.2, 0.25) is 0 Å². The van der Waals surface area contributed by atoms with Crippen LogP contribution < -0.4 is 5.32 Å². The monoisotopic (exact) mass is 193 g/mol. The van der Waals surface area contributed by atoms with Crippen molar-refractivity contribution in [3.63, 3.8) is 0 Å². The van der Waals surface area contributed by atoms with Gasteiger partial charge in [0, 0.05) is 18.7 Å². The highest BCUT2D eigenvalue weighted by Gasteiger charge is 1.93. The van der Waals surface area contributed by atoms with Crippen LogP contribution in [-0.2, 0) is 9.53 Å². The number of allylic oxidation sites excluding steroid dienone is 2. The Morgan fingerprint density at radius 1 is 1.75 bits per heavy atom. The Bertz CT molecular complexity index is 204. The Kier molecular flexibility index (Phi) is 6.09. The molecule has 3 nitrogen and oxygen atoms in total. The molecule has 5 heteroatoms. The Morgan fingerprint density at radius 2 is 2.42 bits per heavy atom. The van der Waals surface area contributed by atoms with Gasteiger partial charge in [-0.05, 0) is 0 Å². The molecule has 0 spiro atoms. The summed E-state index contributed by atoms with van der Waals surface area (Å²) in [5.74, 6) is -0.913. The van der Waals surface area contributed by atoms with E-state index in [1.54, 1.807) is 0 Å². The van der Waals surface area contributed by atoms with Crippen LogP contribution in [0.1, 0.15) is 0 Å². The van der Waals surface area contributed by atoms with Crippen LogP contribution in [0.3, 0.4) is 0 Å². The van der Waals surface area contributed by atoms with Gasteiger partial charge in [-0.15, -0.1) is 0 Å². The van der Waals surface area contributed by atoms with Crippen molar-refractivity contribution < 1.29 is 13.9 Å². The van der Waals surface area contributed by atoms with Gasteiger partial charge in [-0.1, -0.05) is 11.6 Å². The van der Waals surface area contributed by atoms with E-state index in [1.165, 1.54) is 7.05 Å². The van der Waals surface area contributed by atoms with Crippen molar-refractivity contribution in [2.24, 2.45) is 0 Å². The summed E-state index contributed by atoms with van der Waals surface area (Å²) in [6, 6.07) is 0. The van der Waals surface area contributed by atoms with Crippen molar-refractivity contribution in [1.29, 1.82) is 0 Å². The average molecular weight is 194 g/mol. The van der Waals surface area contributed by atoms with Gasteiger partial charge in [0.1, 0.15) is 5.83 Å². The molecule has 0 fully saturated rings. The molecule has 0 aromatic heterocycles. The third-order valence-corrected chi connectivity index (χ3v) is 1.13. The highest BCUT2D eigenvalue weighted by molar-refractivity contribution is 6.25. The van der Waals surface area contributed by atoms with Crippen molar-refractivity contribution >= 4 is 17.5 Å². The summed E-state index contributed by atoms with van der Waals surface area (Å²) >= 11 is 5.00. The van der Waals surface area contributed by atoms with Crippen molar-refractivity contribution in [1.82, 2.24) is 5.32 Å². The summed E-state index contributed by atoms with van der Waals surface area (Å²) in [4.78, 5) is 10.5. The Labute approximate surface area is 74.8 Å². The molecule has 0 saturated heterocycles. The zero-order valence-corrected chi connectivity index (χ0v) is 7.27. The lowest BCUT2D eigenvalue weighted by atomic mass is 10.6. The minimum atomic E-state index is -0.631. The fraction of sp³-hybridized carbons (Fsp3) is 0.286. The second-order valence-corrected chi connectivity index (χ2v) is 2.00. The van der Waals surface area contributed by atoms with Gasteiger partial charge in [-0.2, -0.15) is 0 Å². The Morgan fingerprint density at radius 3 is 2.92 bits per heavy atom. The predicted molar refractivity (Wildman–Crippen MR) is 44.2 cm³/mol. The maximum atomic E-state index is 12.2. The van der Waals surface area contributed by atoms with E-state index in [9.17, 15) is 9.18 Å². The number of hydrogen-bond donors (Lipinski definition) is 1. The smallest absolute Gasteiger partial charge is 0.257 e. The molecule has 0 aromatic rings. The van der Waals surface area contributed by atoms with E-state index in [1.807, 2.05) is 0 Å². The SMILES string of the molecule is CNC(=O)CO/C=C/C(F)=C/Cl. The summed E-state index contributed by atoms with van der Waals surface area (Å²) < 4.78 is 16.8. The number of carbonyl (C=O) groups is 1. The number of rotatable bonds is 4. The summed E-state index contributed by atoms with van der Waals surface area (Å²) in [6.45, 7) is -0.136. The largest absolute Gasteiger partial charge is 0.491 e. The number of nitrogens with one attached hydrogen (secondary N) is 1. The van der Waals surface area contributed by atoms with Crippen LogP contribution >= 0.6 is 11.6 Å². The van der Waals surface area contributed by atoms with E-state index < -0.39 is 5.83 Å². The first-order chi connectivity index (χ1) is 5.70. The van der Waals surface area contributed by atoms with Crippen LogP contribution in [0, 0.1) is 0 Å². The highest BCUT2D eigenvalue weighted by atomic mass is 35.5. The van der Waals surface area contributed by atoms with Crippen molar-refractivity contribution in [3.8, 4) is 0 Å². The average Bonchev–Trinajstić information content (AvgIpc) is 2.11. The molecule has 1 N–H and O–H groups in total. The minimum Gasteiger partial charge on any atom is -0.491 e. The van der Waals surface area contributed by atoms with E-state index in [4.69, 9.17) is 11.6 Å². The van der Waals surface area contributed by atoms with Gasteiger partial charge in [0.25, 0.3) is 5.91 Å². The number of carbonyl (C=O) groups excluding carboxylic acids is 1. The minimum absolute atomic E-state index is 0.136. The summed E-state index contributed by atoms with van der Waals surface area (Å²) in [5.41, 5.74) is 0.764. The van der Waals surface area contributed by atoms with Crippen LogP contribution in [0.25, 0.3) is 0 Å². The molecule has 0 heterocycles.